The number of benzene rings is 1. The van der Waals surface area contributed by atoms with Crippen molar-refractivity contribution < 1.29 is 4.79 Å². The van der Waals surface area contributed by atoms with Crippen molar-refractivity contribution in [2.24, 2.45) is 5.73 Å². The quantitative estimate of drug-likeness (QED) is 0.842. The number of rotatable bonds is 3. The third-order valence-electron chi connectivity index (χ3n) is 3.13. The summed E-state index contributed by atoms with van der Waals surface area (Å²) in [7, 11) is 0. The van der Waals surface area contributed by atoms with E-state index >= 15 is 0 Å². The lowest BCUT2D eigenvalue weighted by Crippen LogP contribution is -2.24. The zero-order valence-corrected chi connectivity index (χ0v) is 12.1. The van der Waals surface area contributed by atoms with E-state index in [4.69, 9.17) is 5.73 Å². The molecule has 1 aromatic carbocycles. The lowest BCUT2D eigenvalue weighted by molar-refractivity contribution is -0.119. The molecule has 2 rings (SSSR count). The number of amides is 1. The maximum absolute atomic E-state index is 12.3. The van der Waals surface area contributed by atoms with Crippen molar-refractivity contribution in [2.75, 3.05) is 11.9 Å². The first-order chi connectivity index (χ1) is 10.1. The van der Waals surface area contributed by atoms with Crippen LogP contribution in [0.15, 0.2) is 36.7 Å². The van der Waals surface area contributed by atoms with E-state index in [1.165, 1.54) is 0 Å². The van der Waals surface area contributed by atoms with Crippen LogP contribution in [0.4, 0.5) is 5.69 Å². The van der Waals surface area contributed by atoms with Crippen LogP contribution < -0.4 is 11.1 Å². The van der Waals surface area contributed by atoms with Gasteiger partial charge in [-0.1, -0.05) is 17.9 Å². The van der Waals surface area contributed by atoms with Gasteiger partial charge in [-0.2, -0.15) is 5.10 Å². The first-order valence-electron chi connectivity index (χ1n) is 6.71. The molecule has 5 nitrogen and oxygen atoms in total. The summed E-state index contributed by atoms with van der Waals surface area (Å²) >= 11 is 0. The number of nitrogens with one attached hydrogen (secondary N) is 1. The molecule has 2 aromatic rings. The highest BCUT2D eigenvalue weighted by molar-refractivity contribution is 5.94. The highest BCUT2D eigenvalue weighted by atomic mass is 16.2. The molecule has 0 spiro atoms. The fourth-order valence-corrected chi connectivity index (χ4v) is 1.85. The minimum absolute atomic E-state index is 0.120. The van der Waals surface area contributed by atoms with Gasteiger partial charge in [0.05, 0.1) is 6.54 Å². The zero-order chi connectivity index (χ0) is 15.2. The second kappa shape index (κ2) is 6.73. The van der Waals surface area contributed by atoms with Crippen LogP contribution >= 0.6 is 0 Å². The molecule has 0 saturated carbocycles. The lowest BCUT2D eigenvalue weighted by atomic mass is 10.1. The highest BCUT2D eigenvalue weighted by Crippen LogP contribution is 2.18. The van der Waals surface area contributed by atoms with Gasteiger partial charge < -0.3 is 11.1 Å². The maximum Gasteiger partial charge on any atom is 0.248 e. The van der Waals surface area contributed by atoms with Crippen molar-refractivity contribution in [1.29, 1.82) is 0 Å². The summed E-state index contributed by atoms with van der Waals surface area (Å²) in [6, 6.07) is 7.10. The van der Waals surface area contributed by atoms with Gasteiger partial charge in [0.1, 0.15) is 6.04 Å². The number of aryl methyl sites for hydroxylation is 1. The minimum atomic E-state index is -0.377. The molecule has 3 N–H and O–H groups in total. The molecule has 1 aromatic heterocycles. The van der Waals surface area contributed by atoms with Crippen molar-refractivity contribution in [3.8, 4) is 11.8 Å². The summed E-state index contributed by atoms with van der Waals surface area (Å²) in [6.07, 6.45) is 3.41. The normalized spacial score (nSPS) is 11.4. The summed E-state index contributed by atoms with van der Waals surface area (Å²) in [5.41, 5.74) is 7.93. The van der Waals surface area contributed by atoms with Crippen molar-refractivity contribution in [2.45, 2.75) is 19.9 Å². The predicted molar refractivity (Wildman–Crippen MR) is 82.7 cm³/mol. The molecule has 0 fully saturated rings. The SMILES string of the molecule is Cc1ccc(C#CCN)cc1NC(=O)C(C)n1cccn1. The average Bonchev–Trinajstić information content (AvgIpc) is 3.01. The Morgan fingerprint density at radius 2 is 2.33 bits per heavy atom. The summed E-state index contributed by atoms with van der Waals surface area (Å²) in [4.78, 5) is 12.3. The summed E-state index contributed by atoms with van der Waals surface area (Å²) in [6.45, 7) is 4.05. The molecule has 0 radical (unpaired) electrons. The van der Waals surface area contributed by atoms with E-state index in [0.29, 0.717) is 6.54 Å². The molecule has 0 aliphatic heterocycles. The van der Waals surface area contributed by atoms with Gasteiger partial charge in [-0.3, -0.25) is 9.48 Å². The Morgan fingerprint density at radius 1 is 1.52 bits per heavy atom. The molecule has 1 amide bonds. The predicted octanol–water partition coefficient (Wildman–Crippen LogP) is 1.70. The molecule has 0 saturated heterocycles. The van der Waals surface area contributed by atoms with Gasteiger partial charge in [0.25, 0.3) is 0 Å². The number of hydrogen-bond donors (Lipinski definition) is 2. The molecular weight excluding hydrogens is 264 g/mol. The average molecular weight is 282 g/mol. The van der Waals surface area contributed by atoms with Crippen LogP contribution in [0.2, 0.25) is 0 Å². The van der Waals surface area contributed by atoms with Gasteiger partial charge in [0.15, 0.2) is 0 Å². The van der Waals surface area contributed by atoms with Gasteiger partial charge in [0.2, 0.25) is 5.91 Å². The van der Waals surface area contributed by atoms with Crippen LogP contribution in [-0.4, -0.2) is 22.2 Å². The van der Waals surface area contributed by atoms with Crippen LogP contribution in [0.25, 0.3) is 0 Å². The van der Waals surface area contributed by atoms with Crippen LogP contribution in [0.3, 0.4) is 0 Å². The maximum atomic E-state index is 12.3. The largest absolute Gasteiger partial charge is 0.324 e. The zero-order valence-electron chi connectivity index (χ0n) is 12.1. The number of nitrogens with two attached hydrogens (primary N) is 1. The van der Waals surface area contributed by atoms with Crippen LogP contribution in [-0.2, 0) is 4.79 Å². The molecule has 5 heteroatoms. The molecule has 0 aliphatic rings. The van der Waals surface area contributed by atoms with Crippen LogP contribution in [0, 0.1) is 18.8 Å². The number of carbonyl (C=O) groups excluding carboxylic acids is 1. The number of anilines is 1. The molecule has 0 bridgehead atoms. The Kier molecular flexibility index (Phi) is 4.75. The van der Waals surface area contributed by atoms with Crippen molar-refractivity contribution in [3.05, 3.63) is 47.8 Å². The molecular formula is C16H18N4O. The lowest BCUT2D eigenvalue weighted by Gasteiger charge is -2.14. The summed E-state index contributed by atoms with van der Waals surface area (Å²) < 4.78 is 1.61. The van der Waals surface area contributed by atoms with Crippen molar-refractivity contribution >= 4 is 11.6 Å². The fraction of sp³-hybridized carbons (Fsp3) is 0.250. The Morgan fingerprint density at radius 3 is 3.00 bits per heavy atom. The summed E-state index contributed by atoms with van der Waals surface area (Å²) in [5, 5.41) is 7.00. The van der Waals surface area contributed by atoms with E-state index in [2.05, 4.69) is 22.3 Å². The number of aromatic nitrogens is 2. The third-order valence-corrected chi connectivity index (χ3v) is 3.13. The standard InChI is InChI=1S/C16H18N4O/c1-12-6-7-14(5-3-8-17)11-15(12)19-16(21)13(2)20-10-4-9-18-20/h4,6-7,9-11,13H,8,17H2,1-2H3,(H,19,21). The number of hydrogen-bond acceptors (Lipinski definition) is 3. The Hall–Kier alpha value is -2.58. The Bertz CT molecular complexity index is 680. The first kappa shape index (κ1) is 14.8. The van der Waals surface area contributed by atoms with E-state index in [-0.39, 0.29) is 11.9 Å². The van der Waals surface area contributed by atoms with Gasteiger partial charge in [-0.15, -0.1) is 0 Å². The van der Waals surface area contributed by atoms with Crippen molar-refractivity contribution in [1.82, 2.24) is 9.78 Å². The Balaban J connectivity index is 2.16. The Labute approximate surface area is 124 Å². The summed E-state index contributed by atoms with van der Waals surface area (Å²) in [5.74, 6) is 5.64. The number of carbonyl (C=O) groups is 1. The first-order valence-corrected chi connectivity index (χ1v) is 6.71. The molecule has 0 aliphatic carbocycles. The van der Waals surface area contributed by atoms with Gasteiger partial charge in [-0.05, 0) is 37.6 Å². The van der Waals surface area contributed by atoms with Gasteiger partial charge in [-0.25, -0.2) is 0 Å². The third kappa shape index (κ3) is 3.71. The molecule has 21 heavy (non-hydrogen) atoms. The number of nitrogens with zero attached hydrogens (tertiary/aromatic N) is 2. The topological polar surface area (TPSA) is 72.9 Å². The molecule has 108 valence electrons. The second-order valence-corrected chi connectivity index (χ2v) is 4.69. The fourth-order valence-electron chi connectivity index (χ4n) is 1.85. The monoisotopic (exact) mass is 282 g/mol. The molecule has 1 atom stereocenters. The smallest absolute Gasteiger partial charge is 0.248 e. The van der Waals surface area contributed by atoms with E-state index in [9.17, 15) is 4.79 Å². The van der Waals surface area contributed by atoms with E-state index < -0.39 is 0 Å². The molecule has 1 unspecified atom stereocenters. The van der Waals surface area contributed by atoms with Crippen LogP contribution in [0.5, 0.6) is 0 Å². The van der Waals surface area contributed by atoms with Gasteiger partial charge in [0, 0.05) is 23.6 Å². The second-order valence-electron chi connectivity index (χ2n) is 4.69. The van der Waals surface area contributed by atoms with E-state index in [0.717, 1.165) is 16.8 Å². The highest BCUT2D eigenvalue weighted by Gasteiger charge is 2.15. The van der Waals surface area contributed by atoms with E-state index in [1.54, 1.807) is 30.1 Å². The van der Waals surface area contributed by atoms with Crippen LogP contribution in [0.1, 0.15) is 24.1 Å². The van der Waals surface area contributed by atoms with Crippen molar-refractivity contribution in [3.63, 3.8) is 0 Å². The minimum Gasteiger partial charge on any atom is -0.324 e. The van der Waals surface area contributed by atoms with Gasteiger partial charge >= 0.3 is 0 Å². The molecule has 1 heterocycles. The van der Waals surface area contributed by atoms with E-state index in [1.807, 2.05) is 25.1 Å².